The number of aromatic nitrogens is 1. The summed E-state index contributed by atoms with van der Waals surface area (Å²) in [5, 5.41) is 1.17. The third kappa shape index (κ3) is 4.05. The van der Waals surface area contributed by atoms with Crippen LogP contribution in [0.5, 0.6) is 0 Å². The van der Waals surface area contributed by atoms with E-state index in [1.165, 1.54) is 10.6 Å². The van der Waals surface area contributed by atoms with Crippen LogP contribution in [0.25, 0.3) is 0 Å². The van der Waals surface area contributed by atoms with Gasteiger partial charge in [0.1, 0.15) is 5.01 Å². The Balaban J connectivity index is 0.00000161. The molecule has 3 nitrogen and oxygen atoms in total. The van der Waals surface area contributed by atoms with Crippen molar-refractivity contribution in [3.63, 3.8) is 0 Å². The van der Waals surface area contributed by atoms with Gasteiger partial charge >= 0.3 is 0 Å². The summed E-state index contributed by atoms with van der Waals surface area (Å²) in [5.41, 5.74) is 7.38. The number of likely N-dealkylation sites (tertiary alicyclic amines) is 1. The molecule has 1 saturated heterocycles. The Hall–Kier alpha value is -0.460. The molecule has 1 aromatic heterocycles. The van der Waals surface area contributed by atoms with Crippen molar-refractivity contribution in [3.05, 3.63) is 50.9 Å². The van der Waals surface area contributed by atoms with Crippen molar-refractivity contribution in [1.29, 1.82) is 0 Å². The van der Waals surface area contributed by atoms with E-state index in [0.717, 1.165) is 30.0 Å². The minimum atomic E-state index is 0. The summed E-state index contributed by atoms with van der Waals surface area (Å²) in [6.07, 6.45) is 1.88. The minimum absolute atomic E-state index is 0. The van der Waals surface area contributed by atoms with Crippen LogP contribution in [0.4, 0.5) is 0 Å². The van der Waals surface area contributed by atoms with E-state index in [0.29, 0.717) is 11.8 Å². The minimum Gasteiger partial charge on any atom is -0.330 e. The summed E-state index contributed by atoms with van der Waals surface area (Å²) in [5.74, 6) is 1.09. The summed E-state index contributed by atoms with van der Waals surface area (Å²) in [4.78, 5) is 6.90. The van der Waals surface area contributed by atoms with E-state index in [4.69, 9.17) is 5.73 Å². The maximum atomic E-state index is 5.97. The number of halogens is 2. The highest BCUT2D eigenvalue weighted by Gasteiger charge is 2.32. The fourth-order valence-electron chi connectivity index (χ4n) is 2.96. The second-order valence-electron chi connectivity index (χ2n) is 5.27. The van der Waals surface area contributed by atoms with Crippen molar-refractivity contribution in [2.75, 3.05) is 19.6 Å². The zero-order valence-electron chi connectivity index (χ0n) is 11.6. The number of nitrogens with two attached hydrogens (primary N) is 1. The van der Waals surface area contributed by atoms with Crippen LogP contribution >= 0.6 is 39.7 Å². The third-order valence-electron chi connectivity index (χ3n) is 3.93. The van der Waals surface area contributed by atoms with Gasteiger partial charge in [-0.3, -0.25) is 4.90 Å². The molecule has 2 atom stereocenters. The zero-order valence-corrected chi connectivity index (χ0v) is 14.8. The monoisotopic (exact) mass is 387 g/mol. The number of hydrogen-bond acceptors (Lipinski definition) is 4. The largest absolute Gasteiger partial charge is 0.330 e. The molecule has 0 amide bonds. The van der Waals surface area contributed by atoms with E-state index in [-0.39, 0.29) is 12.4 Å². The molecule has 6 heteroatoms. The molecule has 0 saturated carbocycles. The lowest BCUT2D eigenvalue weighted by Crippen LogP contribution is -2.23. The van der Waals surface area contributed by atoms with Gasteiger partial charge in [0.25, 0.3) is 0 Å². The van der Waals surface area contributed by atoms with Gasteiger partial charge in [0, 0.05) is 19.0 Å². The molecule has 3 rings (SSSR count). The van der Waals surface area contributed by atoms with Gasteiger partial charge in [-0.05, 0) is 34.0 Å². The van der Waals surface area contributed by atoms with Crippen LogP contribution < -0.4 is 5.73 Å². The molecule has 114 valence electrons. The predicted molar refractivity (Wildman–Crippen MR) is 94.1 cm³/mol. The number of nitrogens with zero attached hydrogens (tertiary/aromatic N) is 2. The average Bonchev–Trinajstić information content (AvgIpc) is 3.06. The van der Waals surface area contributed by atoms with Crippen LogP contribution in [-0.2, 0) is 6.54 Å². The van der Waals surface area contributed by atoms with E-state index in [1.807, 2.05) is 6.20 Å². The fourth-order valence-corrected chi connectivity index (χ4v) is 4.30. The predicted octanol–water partition coefficient (Wildman–Crippen LogP) is 3.50. The highest BCUT2D eigenvalue weighted by molar-refractivity contribution is 9.11. The van der Waals surface area contributed by atoms with Gasteiger partial charge < -0.3 is 5.73 Å². The SMILES string of the molecule is Cl.NC[C@@H]1CN(Cc2ncc(Br)s2)C[C@H]1c1ccccc1. The van der Waals surface area contributed by atoms with Crippen molar-refractivity contribution >= 4 is 39.7 Å². The van der Waals surface area contributed by atoms with Gasteiger partial charge in [-0.15, -0.1) is 23.7 Å². The van der Waals surface area contributed by atoms with Gasteiger partial charge in [0.15, 0.2) is 0 Å². The van der Waals surface area contributed by atoms with Crippen molar-refractivity contribution in [2.45, 2.75) is 12.5 Å². The summed E-state index contributed by atoms with van der Waals surface area (Å²) in [6, 6.07) is 10.7. The molecule has 0 bridgehead atoms. The number of hydrogen-bond donors (Lipinski definition) is 1. The van der Waals surface area contributed by atoms with E-state index < -0.39 is 0 Å². The van der Waals surface area contributed by atoms with Gasteiger partial charge in [-0.2, -0.15) is 0 Å². The first-order valence-corrected chi connectivity index (χ1v) is 8.45. The van der Waals surface area contributed by atoms with Gasteiger partial charge in [0.2, 0.25) is 0 Å². The molecule has 1 aliphatic heterocycles. The first kappa shape index (κ1) is 16.9. The number of rotatable bonds is 4. The molecular formula is C15H19BrClN3S. The van der Waals surface area contributed by atoms with Crippen LogP contribution in [-0.4, -0.2) is 29.5 Å². The van der Waals surface area contributed by atoms with E-state index >= 15 is 0 Å². The molecule has 2 aromatic rings. The smallest absolute Gasteiger partial charge is 0.108 e. The maximum absolute atomic E-state index is 5.97. The van der Waals surface area contributed by atoms with Crippen molar-refractivity contribution < 1.29 is 0 Å². The highest BCUT2D eigenvalue weighted by atomic mass is 79.9. The lowest BCUT2D eigenvalue weighted by Gasteiger charge is -2.16. The second kappa shape index (κ2) is 7.70. The lowest BCUT2D eigenvalue weighted by atomic mass is 9.89. The van der Waals surface area contributed by atoms with E-state index in [2.05, 4.69) is 56.1 Å². The van der Waals surface area contributed by atoms with E-state index in [1.54, 1.807) is 11.3 Å². The van der Waals surface area contributed by atoms with Gasteiger partial charge in [-0.25, -0.2) is 4.98 Å². The van der Waals surface area contributed by atoms with Crippen molar-refractivity contribution in [3.8, 4) is 0 Å². The van der Waals surface area contributed by atoms with Crippen LogP contribution in [0.15, 0.2) is 40.3 Å². The molecule has 0 aliphatic carbocycles. The Kier molecular flexibility index (Phi) is 6.20. The van der Waals surface area contributed by atoms with Crippen LogP contribution in [0.3, 0.4) is 0 Å². The molecule has 1 fully saturated rings. The molecular weight excluding hydrogens is 370 g/mol. The molecule has 2 heterocycles. The Morgan fingerprint density at radius 3 is 2.67 bits per heavy atom. The molecule has 1 aliphatic rings. The van der Waals surface area contributed by atoms with Gasteiger partial charge in [0.05, 0.1) is 16.5 Å². The summed E-state index contributed by atoms with van der Waals surface area (Å²) < 4.78 is 1.10. The van der Waals surface area contributed by atoms with Crippen LogP contribution in [0.2, 0.25) is 0 Å². The molecule has 1 aromatic carbocycles. The topological polar surface area (TPSA) is 42.1 Å². The Labute approximate surface area is 144 Å². The molecule has 0 unspecified atom stereocenters. The standard InChI is InChI=1S/C15H18BrN3S.ClH/c16-14-7-18-15(20-14)10-19-8-12(6-17)13(9-19)11-4-2-1-3-5-11;/h1-5,7,12-13H,6,8-10,17H2;1H/t12-,13+;/m1./s1. The van der Waals surface area contributed by atoms with Crippen LogP contribution in [0.1, 0.15) is 16.5 Å². The third-order valence-corrected chi connectivity index (χ3v) is 5.39. The number of thiazole rings is 1. The fraction of sp³-hybridized carbons (Fsp3) is 0.400. The molecule has 0 spiro atoms. The van der Waals surface area contributed by atoms with Gasteiger partial charge in [-0.1, -0.05) is 30.3 Å². The molecule has 0 radical (unpaired) electrons. The highest BCUT2D eigenvalue weighted by Crippen LogP contribution is 2.33. The Morgan fingerprint density at radius 1 is 1.29 bits per heavy atom. The second-order valence-corrected chi connectivity index (χ2v) is 7.76. The van der Waals surface area contributed by atoms with Crippen LogP contribution in [0, 0.1) is 5.92 Å². The van der Waals surface area contributed by atoms with Crippen molar-refractivity contribution in [1.82, 2.24) is 9.88 Å². The summed E-state index contributed by atoms with van der Waals surface area (Å²) in [7, 11) is 0. The molecule has 21 heavy (non-hydrogen) atoms. The Morgan fingerprint density at radius 2 is 2.05 bits per heavy atom. The summed E-state index contributed by atoms with van der Waals surface area (Å²) >= 11 is 5.19. The average molecular weight is 389 g/mol. The van der Waals surface area contributed by atoms with Crippen molar-refractivity contribution in [2.24, 2.45) is 11.7 Å². The number of benzene rings is 1. The molecule has 2 N–H and O–H groups in total. The summed E-state index contributed by atoms with van der Waals surface area (Å²) in [6.45, 7) is 3.81. The Bertz CT molecular complexity index is 563. The first-order valence-electron chi connectivity index (χ1n) is 6.84. The quantitative estimate of drug-likeness (QED) is 0.871. The normalized spacial score (nSPS) is 22.2. The maximum Gasteiger partial charge on any atom is 0.108 e. The van der Waals surface area contributed by atoms with E-state index in [9.17, 15) is 0 Å². The first-order chi connectivity index (χ1) is 9.76. The zero-order chi connectivity index (χ0) is 13.9. The lowest BCUT2D eigenvalue weighted by molar-refractivity contribution is 0.316.